The quantitative estimate of drug-likeness (QED) is 0.782. The third kappa shape index (κ3) is 3.43. The van der Waals surface area contributed by atoms with Crippen LogP contribution in [-0.2, 0) is 6.42 Å². The maximum absolute atomic E-state index is 11.8. The summed E-state index contributed by atoms with van der Waals surface area (Å²) in [6.45, 7) is 2.60. The number of amides is 1. The van der Waals surface area contributed by atoms with E-state index in [1.165, 1.54) is 18.1 Å². The van der Waals surface area contributed by atoms with Crippen molar-refractivity contribution in [1.82, 2.24) is 10.3 Å². The van der Waals surface area contributed by atoms with Gasteiger partial charge in [-0.25, -0.2) is 4.98 Å². The average Bonchev–Trinajstić information content (AvgIpc) is 3.19. The van der Waals surface area contributed by atoms with Crippen LogP contribution in [0.1, 0.15) is 20.9 Å². The smallest absolute Gasteiger partial charge is 0.254 e. The third-order valence-corrected chi connectivity index (χ3v) is 4.12. The van der Waals surface area contributed by atoms with Crippen LogP contribution in [0, 0.1) is 6.92 Å². The van der Waals surface area contributed by atoms with Crippen molar-refractivity contribution in [1.29, 1.82) is 0 Å². The predicted octanol–water partition coefficient (Wildman–Crippen LogP) is 3.68. The van der Waals surface area contributed by atoms with Gasteiger partial charge in [0.05, 0.1) is 22.5 Å². The summed E-state index contributed by atoms with van der Waals surface area (Å²) in [5.41, 5.74) is 3.87. The second-order valence-corrected chi connectivity index (χ2v) is 6.03. The van der Waals surface area contributed by atoms with Crippen LogP contribution in [-0.4, -0.2) is 17.4 Å². The summed E-state index contributed by atoms with van der Waals surface area (Å²) in [7, 11) is 0. The fraction of sp³-hybridized carbons (Fsp3) is 0.176. The zero-order valence-electron chi connectivity index (χ0n) is 12.2. The SMILES string of the molecule is Cc1nc(-c2ccc(CCNC(=O)c3ccoc3)cc2)cs1. The van der Waals surface area contributed by atoms with E-state index in [-0.39, 0.29) is 5.91 Å². The van der Waals surface area contributed by atoms with E-state index in [1.807, 2.05) is 6.92 Å². The fourth-order valence-corrected chi connectivity index (χ4v) is 2.78. The first-order chi connectivity index (χ1) is 10.7. The number of thiazole rings is 1. The molecular weight excluding hydrogens is 296 g/mol. The first-order valence-electron chi connectivity index (χ1n) is 7.04. The number of carbonyl (C=O) groups is 1. The summed E-state index contributed by atoms with van der Waals surface area (Å²) in [6, 6.07) is 9.95. The standard InChI is InChI=1S/C17H16N2O2S/c1-12-19-16(11-22-12)14-4-2-13(3-5-14)6-8-18-17(20)15-7-9-21-10-15/h2-5,7,9-11H,6,8H2,1H3,(H,18,20). The van der Waals surface area contributed by atoms with Gasteiger partial charge < -0.3 is 9.73 Å². The Morgan fingerprint density at radius 3 is 2.73 bits per heavy atom. The Hall–Kier alpha value is -2.40. The number of rotatable bonds is 5. The van der Waals surface area contributed by atoms with Crippen molar-refractivity contribution in [3.63, 3.8) is 0 Å². The lowest BCUT2D eigenvalue weighted by molar-refractivity contribution is 0.0953. The fourth-order valence-electron chi connectivity index (χ4n) is 2.15. The van der Waals surface area contributed by atoms with Gasteiger partial charge in [-0.1, -0.05) is 24.3 Å². The number of nitrogens with zero attached hydrogens (tertiary/aromatic N) is 1. The Kier molecular flexibility index (Phi) is 4.34. The molecule has 0 unspecified atom stereocenters. The second kappa shape index (κ2) is 6.58. The average molecular weight is 312 g/mol. The van der Waals surface area contributed by atoms with E-state index >= 15 is 0 Å². The number of hydrogen-bond donors (Lipinski definition) is 1. The molecule has 0 radical (unpaired) electrons. The number of aryl methyl sites for hydroxylation is 1. The van der Waals surface area contributed by atoms with Crippen LogP contribution < -0.4 is 5.32 Å². The summed E-state index contributed by atoms with van der Waals surface area (Å²) in [5.74, 6) is -0.108. The number of hydrogen-bond acceptors (Lipinski definition) is 4. The van der Waals surface area contributed by atoms with E-state index in [4.69, 9.17) is 4.42 Å². The number of nitrogens with one attached hydrogen (secondary N) is 1. The normalized spacial score (nSPS) is 10.6. The van der Waals surface area contributed by atoms with Crippen LogP contribution in [0.3, 0.4) is 0 Å². The molecule has 4 nitrogen and oxygen atoms in total. The van der Waals surface area contributed by atoms with Crippen molar-refractivity contribution in [2.75, 3.05) is 6.54 Å². The molecule has 112 valence electrons. The van der Waals surface area contributed by atoms with Crippen molar-refractivity contribution >= 4 is 17.2 Å². The van der Waals surface area contributed by atoms with Gasteiger partial charge in [-0.15, -0.1) is 11.3 Å². The molecule has 0 aliphatic carbocycles. The van der Waals surface area contributed by atoms with Crippen molar-refractivity contribution in [3.8, 4) is 11.3 Å². The molecule has 0 bridgehead atoms. The minimum atomic E-state index is -0.108. The molecule has 1 amide bonds. The summed E-state index contributed by atoms with van der Waals surface area (Å²) < 4.78 is 4.89. The number of benzene rings is 1. The maximum Gasteiger partial charge on any atom is 0.254 e. The Morgan fingerprint density at radius 2 is 2.09 bits per heavy atom. The predicted molar refractivity (Wildman–Crippen MR) is 87.0 cm³/mol. The Balaban J connectivity index is 1.54. The van der Waals surface area contributed by atoms with Gasteiger partial charge in [0.15, 0.2) is 0 Å². The summed E-state index contributed by atoms with van der Waals surface area (Å²) >= 11 is 1.65. The maximum atomic E-state index is 11.8. The Bertz CT molecular complexity index is 745. The minimum Gasteiger partial charge on any atom is -0.472 e. The topological polar surface area (TPSA) is 55.1 Å². The van der Waals surface area contributed by atoms with Gasteiger partial charge in [-0.2, -0.15) is 0 Å². The van der Waals surface area contributed by atoms with Gasteiger partial charge in [0.2, 0.25) is 0 Å². The van der Waals surface area contributed by atoms with Gasteiger partial charge in [-0.05, 0) is 25.0 Å². The number of furan rings is 1. The molecule has 0 saturated carbocycles. The molecule has 0 atom stereocenters. The van der Waals surface area contributed by atoms with Crippen molar-refractivity contribution < 1.29 is 9.21 Å². The minimum absolute atomic E-state index is 0.108. The molecule has 1 aromatic carbocycles. The second-order valence-electron chi connectivity index (χ2n) is 4.97. The van der Waals surface area contributed by atoms with Crippen LogP contribution in [0.2, 0.25) is 0 Å². The molecule has 0 aliphatic heterocycles. The molecule has 0 fully saturated rings. The van der Waals surface area contributed by atoms with E-state index < -0.39 is 0 Å². The zero-order valence-corrected chi connectivity index (χ0v) is 13.0. The molecule has 0 spiro atoms. The Labute approximate surface area is 132 Å². The summed E-state index contributed by atoms with van der Waals surface area (Å²) in [5, 5.41) is 6.01. The molecule has 1 N–H and O–H groups in total. The molecule has 3 rings (SSSR count). The summed E-state index contributed by atoms with van der Waals surface area (Å²) in [6.07, 6.45) is 3.73. The highest BCUT2D eigenvalue weighted by Gasteiger charge is 2.06. The van der Waals surface area contributed by atoms with E-state index in [9.17, 15) is 4.79 Å². The largest absolute Gasteiger partial charge is 0.472 e. The highest BCUT2D eigenvalue weighted by molar-refractivity contribution is 7.09. The first kappa shape index (κ1) is 14.5. The van der Waals surface area contributed by atoms with Crippen molar-refractivity contribution in [3.05, 3.63) is 64.4 Å². The lowest BCUT2D eigenvalue weighted by Crippen LogP contribution is -2.25. The monoisotopic (exact) mass is 312 g/mol. The highest BCUT2D eigenvalue weighted by Crippen LogP contribution is 2.21. The molecule has 0 aliphatic rings. The van der Waals surface area contributed by atoms with Gasteiger partial charge in [-0.3, -0.25) is 4.79 Å². The molecular formula is C17H16N2O2S. The summed E-state index contributed by atoms with van der Waals surface area (Å²) in [4.78, 5) is 16.2. The van der Waals surface area contributed by atoms with Gasteiger partial charge in [0.1, 0.15) is 6.26 Å². The molecule has 2 heterocycles. The van der Waals surface area contributed by atoms with Gasteiger partial charge >= 0.3 is 0 Å². The van der Waals surface area contributed by atoms with E-state index in [0.29, 0.717) is 12.1 Å². The zero-order chi connectivity index (χ0) is 15.4. The van der Waals surface area contributed by atoms with Crippen molar-refractivity contribution in [2.24, 2.45) is 0 Å². The van der Waals surface area contributed by atoms with Crippen LogP contribution in [0.15, 0.2) is 52.7 Å². The van der Waals surface area contributed by atoms with Crippen LogP contribution in [0.25, 0.3) is 11.3 Å². The van der Waals surface area contributed by atoms with E-state index in [1.54, 1.807) is 17.4 Å². The third-order valence-electron chi connectivity index (χ3n) is 3.35. The molecule has 0 saturated heterocycles. The van der Waals surface area contributed by atoms with Gasteiger partial charge in [0, 0.05) is 17.5 Å². The first-order valence-corrected chi connectivity index (χ1v) is 7.92. The van der Waals surface area contributed by atoms with E-state index in [0.717, 1.165) is 22.7 Å². The number of aromatic nitrogens is 1. The van der Waals surface area contributed by atoms with Gasteiger partial charge in [0.25, 0.3) is 5.91 Å². The van der Waals surface area contributed by atoms with Crippen LogP contribution in [0.5, 0.6) is 0 Å². The molecule has 3 aromatic rings. The van der Waals surface area contributed by atoms with Crippen LogP contribution in [0.4, 0.5) is 0 Å². The Morgan fingerprint density at radius 1 is 1.27 bits per heavy atom. The van der Waals surface area contributed by atoms with Crippen LogP contribution >= 0.6 is 11.3 Å². The number of carbonyl (C=O) groups excluding carboxylic acids is 1. The molecule has 5 heteroatoms. The molecule has 22 heavy (non-hydrogen) atoms. The highest BCUT2D eigenvalue weighted by atomic mass is 32.1. The molecule has 2 aromatic heterocycles. The van der Waals surface area contributed by atoms with Crippen molar-refractivity contribution in [2.45, 2.75) is 13.3 Å². The lowest BCUT2D eigenvalue weighted by Gasteiger charge is -2.05. The lowest BCUT2D eigenvalue weighted by atomic mass is 10.1. The van der Waals surface area contributed by atoms with E-state index in [2.05, 4.69) is 39.9 Å².